The van der Waals surface area contributed by atoms with Gasteiger partial charge < -0.3 is 15.8 Å². The van der Waals surface area contributed by atoms with Gasteiger partial charge in [0.15, 0.2) is 0 Å². The van der Waals surface area contributed by atoms with Crippen LogP contribution in [0, 0.1) is 0 Å². The molecule has 0 aliphatic carbocycles. The fraction of sp³-hybridized carbons (Fsp3) is 0.500. The van der Waals surface area contributed by atoms with Gasteiger partial charge in [0, 0.05) is 17.1 Å². The molecule has 1 aromatic carbocycles. The Hall–Kier alpha value is -1.07. The van der Waals surface area contributed by atoms with E-state index in [0.717, 1.165) is 10.9 Å². The molecule has 1 atom stereocenters. The average Bonchev–Trinajstić information content (AvgIpc) is 2.27. The maximum Gasteiger partial charge on any atom is 0.255 e. The van der Waals surface area contributed by atoms with Gasteiger partial charge in [0.05, 0.1) is 11.7 Å². The molecule has 1 amide bonds. The van der Waals surface area contributed by atoms with E-state index in [-0.39, 0.29) is 18.1 Å². The molecule has 0 aromatic heterocycles. The number of hydrogen-bond acceptors (Lipinski definition) is 3. The van der Waals surface area contributed by atoms with Crippen LogP contribution in [0.5, 0.6) is 5.75 Å². The van der Waals surface area contributed by atoms with E-state index < -0.39 is 0 Å². The Kier molecular flexibility index (Phi) is 6.31. The van der Waals surface area contributed by atoms with Gasteiger partial charge in [-0.05, 0) is 45.4 Å². The highest BCUT2D eigenvalue weighted by Crippen LogP contribution is 2.24. The summed E-state index contributed by atoms with van der Waals surface area (Å²) >= 11 is 3.38. The summed E-state index contributed by atoms with van der Waals surface area (Å²) in [6.07, 6.45) is 0.771. The lowest BCUT2D eigenvalue weighted by molar-refractivity contribution is 0.0947. The molecule has 0 aliphatic rings. The van der Waals surface area contributed by atoms with Crippen LogP contribution in [-0.2, 0) is 0 Å². The zero-order valence-corrected chi connectivity index (χ0v) is 13.2. The second-order valence-electron chi connectivity index (χ2n) is 4.83. The van der Waals surface area contributed by atoms with Crippen molar-refractivity contribution in [2.45, 2.75) is 39.3 Å². The molecule has 1 unspecified atom stereocenters. The van der Waals surface area contributed by atoms with Crippen molar-refractivity contribution in [2.75, 3.05) is 6.54 Å². The van der Waals surface area contributed by atoms with Crippen molar-refractivity contribution in [3.05, 3.63) is 28.2 Å². The lowest BCUT2D eigenvalue weighted by atomic mass is 10.1. The van der Waals surface area contributed by atoms with E-state index in [9.17, 15) is 4.79 Å². The number of carbonyl (C=O) groups excluding carboxylic acids is 1. The number of benzene rings is 1. The summed E-state index contributed by atoms with van der Waals surface area (Å²) in [5.41, 5.74) is 6.19. The van der Waals surface area contributed by atoms with Gasteiger partial charge >= 0.3 is 0 Å². The molecule has 0 saturated heterocycles. The van der Waals surface area contributed by atoms with Gasteiger partial charge in [-0.3, -0.25) is 4.79 Å². The Bertz CT molecular complexity index is 433. The van der Waals surface area contributed by atoms with Crippen LogP contribution in [0.1, 0.15) is 37.6 Å². The number of hydrogen-bond donors (Lipinski definition) is 2. The summed E-state index contributed by atoms with van der Waals surface area (Å²) in [7, 11) is 0. The zero-order chi connectivity index (χ0) is 14.4. The third-order valence-corrected chi connectivity index (χ3v) is 2.93. The van der Waals surface area contributed by atoms with Crippen molar-refractivity contribution in [3.63, 3.8) is 0 Å². The van der Waals surface area contributed by atoms with E-state index in [1.807, 2.05) is 26.8 Å². The molecule has 0 spiro atoms. The molecule has 1 rings (SSSR count). The van der Waals surface area contributed by atoms with E-state index in [2.05, 4.69) is 21.2 Å². The van der Waals surface area contributed by atoms with Gasteiger partial charge in [-0.15, -0.1) is 0 Å². The minimum atomic E-state index is -0.135. The SMILES string of the molecule is CC(N)CCNC(=O)c1ccc(Br)cc1OC(C)C. The summed E-state index contributed by atoms with van der Waals surface area (Å²) < 4.78 is 6.54. The molecular formula is C14H21BrN2O2. The number of amides is 1. The fourth-order valence-corrected chi connectivity index (χ4v) is 1.88. The van der Waals surface area contributed by atoms with Crippen molar-refractivity contribution in [3.8, 4) is 5.75 Å². The standard InChI is InChI=1S/C14H21BrN2O2/c1-9(2)19-13-8-11(15)4-5-12(13)14(18)17-7-6-10(3)16/h4-5,8-10H,6-7,16H2,1-3H3,(H,17,18). The smallest absolute Gasteiger partial charge is 0.255 e. The van der Waals surface area contributed by atoms with Gasteiger partial charge in [0.1, 0.15) is 5.75 Å². The summed E-state index contributed by atoms with van der Waals surface area (Å²) in [5.74, 6) is 0.450. The van der Waals surface area contributed by atoms with Crippen LogP contribution in [0.2, 0.25) is 0 Å². The van der Waals surface area contributed by atoms with Crippen molar-refractivity contribution >= 4 is 21.8 Å². The molecule has 0 fully saturated rings. The minimum absolute atomic E-state index is 0.0184. The topological polar surface area (TPSA) is 64.3 Å². The number of nitrogens with one attached hydrogen (secondary N) is 1. The van der Waals surface area contributed by atoms with Gasteiger partial charge in [-0.2, -0.15) is 0 Å². The maximum atomic E-state index is 12.1. The monoisotopic (exact) mass is 328 g/mol. The zero-order valence-electron chi connectivity index (χ0n) is 11.6. The lowest BCUT2D eigenvalue weighted by Crippen LogP contribution is -2.29. The Morgan fingerprint density at radius 1 is 1.42 bits per heavy atom. The van der Waals surface area contributed by atoms with Crippen LogP contribution in [-0.4, -0.2) is 24.6 Å². The molecule has 4 nitrogen and oxygen atoms in total. The molecule has 3 N–H and O–H groups in total. The summed E-state index contributed by atoms with van der Waals surface area (Å²) in [5, 5.41) is 2.85. The highest BCUT2D eigenvalue weighted by molar-refractivity contribution is 9.10. The van der Waals surface area contributed by atoms with Crippen molar-refractivity contribution < 1.29 is 9.53 Å². The third kappa shape index (κ3) is 5.61. The van der Waals surface area contributed by atoms with Crippen LogP contribution in [0.15, 0.2) is 22.7 Å². The predicted molar refractivity (Wildman–Crippen MR) is 80.5 cm³/mol. The quantitative estimate of drug-likeness (QED) is 0.843. The van der Waals surface area contributed by atoms with Gasteiger partial charge in [-0.25, -0.2) is 0 Å². The van der Waals surface area contributed by atoms with Gasteiger partial charge in [-0.1, -0.05) is 15.9 Å². The Morgan fingerprint density at radius 2 is 2.11 bits per heavy atom. The first-order chi connectivity index (χ1) is 8.90. The second kappa shape index (κ2) is 7.50. The lowest BCUT2D eigenvalue weighted by Gasteiger charge is -2.15. The molecule has 0 heterocycles. The number of carbonyl (C=O) groups is 1. The molecule has 19 heavy (non-hydrogen) atoms. The van der Waals surface area contributed by atoms with Crippen LogP contribution >= 0.6 is 15.9 Å². The van der Waals surface area contributed by atoms with E-state index in [1.165, 1.54) is 0 Å². The van der Waals surface area contributed by atoms with Crippen LogP contribution < -0.4 is 15.8 Å². The summed E-state index contributed by atoms with van der Waals surface area (Å²) in [6, 6.07) is 5.47. The molecular weight excluding hydrogens is 308 g/mol. The Balaban J connectivity index is 2.77. The largest absolute Gasteiger partial charge is 0.490 e. The predicted octanol–water partition coefficient (Wildman–Crippen LogP) is 2.70. The summed E-state index contributed by atoms with van der Waals surface area (Å²) in [6.45, 7) is 6.34. The van der Waals surface area contributed by atoms with Crippen LogP contribution in [0.4, 0.5) is 0 Å². The molecule has 1 aromatic rings. The molecule has 0 bridgehead atoms. The molecule has 106 valence electrons. The molecule has 5 heteroatoms. The maximum absolute atomic E-state index is 12.1. The van der Waals surface area contributed by atoms with E-state index in [0.29, 0.717) is 17.9 Å². The highest BCUT2D eigenvalue weighted by atomic mass is 79.9. The molecule has 0 radical (unpaired) electrons. The number of ether oxygens (including phenoxy) is 1. The van der Waals surface area contributed by atoms with E-state index in [4.69, 9.17) is 10.5 Å². The number of nitrogens with two attached hydrogens (primary N) is 1. The first kappa shape index (κ1) is 16.0. The minimum Gasteiger partial charge on any atom is -0.490 e. The average molecular weight is 329 g/mol. The fourth-order valence-electron chi connectivity index (χ4n) is 1.54. The van der Waals surface area contributed by atoms with E-state index in [1.54, 1.807) is 12.1 Å². The van der Waals surface area contributed by atoms with Crippen LogP contribution in [0.25, 0.3) is 0 Å². The first-order valence-corrected chi connectivity index (χ1v) is 7.19. The first-order valence-electron chi connectivity index (χ1n) is 6.40. The normalized spacial score (nSPS) is 12.3. The van der Waals surface area contributed by atoms with Crippen molar-refractivity contribution in [1.29, 1.82) is 0 Å². The van der Waals surface area contributed by atoms with Gasteiger partial charge in [0.2, 0.25) is 0 Å². The van der Waals surface area contributed by atoms with Gasteiger partial charge in [0.25, 0.3) is 5.91 Å². The third-order valence-electron chi connectivity index (χ3n) is 2.44. The van der Waals surface area contributed by atoms with Crippen molar-refractivity contribution in [2.24, 2.45) is 5.73 Å². The second-order valence-corrected chi connectivity index (χ2v) is 5.74. The Labute approximate surface area is 122 Å². The molecule has 0 saturated carbocycles. The summed E-state index contributed by atoms with van der Waals surface area (Å²) in [4.78, 5) is 12.1. The number of halogens is 1. The highest BCUT2D eigenvalue weighted by Gasteiger charge is 2.13. The molecule has 0 aliphatic heterocycles. The van der Waals surface area contributed by atoms with E-state index >= 15 is 0 Å². The van der Waals surface area contributed by atoms with Crippen molar-refractivity contribution in [1.82, 2.24) is 5.32 Å². The Morgan fingerprint density at radius 3 is 2.68 bits per heavy atom. The number of rotatable bonds is 6. The van der Waals surface area contributed by atoms with Crippen LogP contribution in [0.3, 0.4) is 0 Å².